The number of rotatable bonds is 6. The van der Waals surface area contributed by atoms with E-state index in [1.165, 1.54) is 16.2 Å². The number of aliphatic hydroxyl groups is 1. The SMILES string of the molecule is CCc1cccc(CNN(c2cccc3c2CCCCC3O)S(C)(=O)=O)c1. The zero-order valence-electron chi connectivity index (χ0n) is 16.0. The fourth-order valence-electron chi connectivity index (χ4n) is 3.67. The van der Waals surface area contributed by atoms with Gasteiger partial charge in [-0.15, -0.1) is 0 Å². The van der Waals surface area contributed by atoms with Crippen molar-refractivity contribution in [3.8, 4) is 0 Å². The van der Waals surface area contributed by atoms with Crippen LogP contribution in [0.25, 0.3) is 0 Å². The van der Waals surface area contributed by atoms with Gasteiger partial charge in [-0.1, -0.05) is 49.7 Å². The fraction of sp³-hybridized carbons (Fsp3) is 0.429. The minimum absolute atomic E-state index is 0.410. The minimum Gasteiger partial charge on any atom is -0.388 e. The lowest BCUT2D eigenvalue weighted by Gasteiger charge is -2.27. The van der Waals surface area contributed by atoms with Crippen LogP contribution in [0.2, 0.25) is 0 Å². The molecule has 0 saturated heterocycles. The highest BCUT2D eigenvalue weighted by Crippen LogP contribution is 2.35. The lowest BCUT2D eigenvalue weighted by molar-refractivity contribution is 0.166. The Balaban J connectivity index is 1.93. The zero-order valence-corrected chi connectivity index (χ0v) is 16.8. The summed E-state index contributed by atoms with van der Waals surface area (Å²) in [6.45, 7) is 2.51. The lowest BCUT2D eigenvalue weighted by atomic mass is 9.99. The van der Waals surface area contributed by atoms with Gasteiger partial charge in [0.1, 0.15) is 0 Å². The number of anilines is 1. The Kier molecular flexibility index (Phi) is 6.19. The Morgan fingerprint density at radius 2 is 1.89 bits per heavy atom. The average molecular weight is 389 g/mol. The second-order valence-corrected chi connectivity index (χ2v) is 8.97. The molecule has 1 aliphatic rings. The van der Waals surface area contributed by atoms with Crippen LogP contribution in [-0.4, -0.2) is 19.8 Å². The molecular weight excluding hydrogens is 360 g/mol. The van der Waals surface area contributed by atoms with Gasteiger partial charge in [0.2, 0.25) is 10.0 Å². The Labute approximate surface area is 162 Å². The molecule has 0 aromatic heterocycles. The first-order chi connectivity index (χ1) is 12.9. The number of fused-ring (bicyclic) bond motifs is 1. The summed E-state index contributed by atoms with van der Waals surface area (Å²) < 4.78 is 26.3. The van der Waals surface area contributed by atoms with Gasteiger partial charge in [-0.25, -0.2) is 18.3 Å². The average Bonchev–Trinajstić information content (AvgIpc) is 2.83. The highest BCUT2D eigenvalue weighted by atomic mass is 32.2. The van der Waals surface area contributed by atoms with E-state index < -0.39 is 16.1 Å². The third kappa shape index (κ3) is 4.69. The molecule has 0 bridgehead atoms. The van der Waals surface area contributed by atoms with Gasteiger partial charge in [0.25, 0.3) is 0 Å². The molecule has 0 spiro atoms. The molecule has 0 fully saturated rings. The monoisotopic (exact) mass is 388 g/mol. The summed E-state index contributed by atoms with van der Waals surface area (Å²) in [5.41, 5.74) is 7.72. The van der Waals surface area contributed by atoms with Crippen LogP contribution in [-0.2, 0) is 29.4 Å². The number of hydrogen-bond donors (Lipinski definition) is 2. The Morgan fingerprint density at radius 1 is 1.15 bits per heavy atom. The van der Waals surface area contributed by atoms with E-state index >= 15 is 0 Å². The summed E-state index contributed by atoms with van der Waals surface area (Å²) in [5, 5.41) is 10.4. The number of nitrogens with one attached hydrogen (secondary N) is 1. The van der Waals surface area contributed by atoms with Gasteiger partial charge in [0, 0.05) is 6.54 Å². The summed E-state index contributed by atoms with van der Waals surface area (Å²) in [6, 6.07) is 13.7. The van der Waals surface area contributed by atoms with Crippen LogP contribution in [0.1, 0.15) is 54.5 Å². The Hall–Kier alpha value is -1.89. The minimum atomic E-state index is -3.53. The molecule has 0 heterocycles. The van der Waals surface area contributed by atoms with E-state index in [0.29, 0.717) is 18.7 Å². The third-order valence-electron chi connectivity index (χ3n) is 5.08. The molecule has 0 amide bonds. The molecule has 5 nitrogen and oxygen atoms in total. The van der Waals surface area contributed by atoms with Gasteiger partial charge in [-0.2, -0.15) is 0 Å². The molecule has 3 rings (SSSR count). The van der Waals surface area contributed by atoms with E-state index in [4.69, 9.17) is 0 Å². The zero-order chi connectivity index (χ0) is 19.4. The van der Waals surface area contributed by atoms with Gasteiger partial charge >= 0.3 is 0 Å². The Bertz CT molecular complexity index is 896. The van der Waals surface area contributed by atoms with Crippen molar-refractivity contribution in [3.05, 3.63) is 64.7 Å². The number of hydrogen-bond acceptors (Lipinski definition) is 4. The van der Waals surface area contributed by atoms with Crippen molar-refractivity contribution in [1.29, 1.82) is 0 Å². The molecule has 0 radical (unpaired) electrons. The normalized spacial score (nSPS) is 17.2. The molecular formula is C21H28N2O3S. The van der Waals surface area contributed by atoms with Crippen molar-refractivity contribution < 1.29 is 13.5 Å². The third-order valence-corrected chi connectivity index (χ3v) is 6.07. The predicted octanol–water partition coefficient (Wildman–Crippen LogP) is 3.48. The van der Waals surface area contributed by atoms with E-state index in [2.05, 4.69) is 24.5 Å². The summed E-state index contributed by atoms with van der Waals surface area (Å²) in [7, 11) is -3.53. The second kappa shape index (κ2) is 8.42. The number of aryl methyl sites for hydroxylation is 1. The van der Waals surface area contributed by atoms with Gasteiger partial charge in [0.05, 0.1) is 18.0 Å². The van der Waals surface area contributed by atoms with Gasteiger partial charge in [-0.05, 0) is 54.0 Å². The molecule has 146 valence electrons. The molecule has 2 aromatic carbocycles. The Morgan fingerprint density at radius 3 is 2.63 bits per heavy atom. The van der Waals surface area contributed by atoms with Crippen LogP contribution < -0.4 is 9.84 Å². The van der Waals surface area contributed by atoms with E-state index in [9.17, 15) is 13.5 Å². The maximum Gasteiger partial charge on any atom is 0.245 e. The molecule has 27 heavy (non-hydrogen) atoms. The quantitative estimate of drug-likeness (QED) is 0.587. The number of hydrazine groups is 1. The van der Waals surface area contributed by atoms with Crippen LogP contribution >= 0.6 is 0 Å². The van der Waals surface area contributed by atoms with Crippen molar-refractivity contribution >= 4 is 15.7 Å². The highest BCUT2D eigenvalue weighted by Gasteiger charge is 2.25. The number of nitrogens with zero attached hydrogens (tertiary/aromatic N) is 1. The van der Waals surface area contributed by atoms with Crippen LogP contribution in [0.5, 0.6) is 0 Å². The van der Waals surface area contributed by atoms with Crippen molar-refractivity contribution in [1.82, 2.24) is 5.43 Å². The van der Waals surface area contributed by atoms with E-state index in [0.717, 1.165) is 42.4 Å². The molecule has 1 unspecified atom stereocenters. The van der Waals surface area contributed by atoms with Crippen LogP contribution in [0.15, 0.2) is 42.5 Å². The molecule has 2 N–H and O–H groups in total. The maximum absolute atomic E-state index is 12.5. The van der Waals surface area contributed by atoms with Crippen molar-refractivity contribution in [3.63, 3.8) is 0 Å². The molecule has 1 atom stereocenters. The van der Waals surface area contributed by atoms with E-state index in [1.54, 1.807) is 0 Å². The first kappa shape index (κ1) is 19.9. The van der Waals surface area contributed by atoms with Crippen molar-refractivity contribution in [2.75, 3.05) is 10.7 Å². The van der Waals surface area contributed by atoms with Crippen LogP contribution in [0.3, 0.4) is 0 Å². The number of benzene rings is 2. The molecule has 0 aliphatic heterocycles. The first-order valence-electron chi connectivity index (χ1n) is 9.51. The van der Waals surface area contributed by atoms with E-state index in [-0.39, 0.29) is 0 Å². The fourth-order valence-corrected chi connectivity index (χ4v) is 4.49. The largest absolute Gasteiger partial charge is 0.388 e. The molecule has 6 heteroatoms. The number of aliphatic hydroxyl groups excluding tert-OH is 1. The molecule has 2 aromatic rings. The van der Waals surface area contributed by atoms with Crippen LogP contribution in [0.4, 0.5) is 5.69 Å². The van der Waals surface area contributed by atoms with Crippen molar-refractivity contribution in [2.45, 2.75) is 51.7 Å². The summed E-state index contributed by atoms with van der Waals surface area (Å²) in [4.78, 5) is 0. The van der Waals surface area contributed by atoms with E-state index in [1.807, 2.05) is 30.3 Å². The van der Waals surface area contributed by atoms with Crippen molar-refractivity contribution in [2.24, 2.45) is 0 Å². The predicted molar refractivity (Wildman–Crippen MR) is 109 cm³/mol. The molecule has 1 aliphatic carbocycles. The topological polar surface area (TPSA) is 69.6 Å². The smallest absolute Gasteiger partial charge is 0.245 e. The summed E-state index contributed by atoms with van der Waals surface area (Å²) >= 11 is 0. The maximum atomic E-state index is 12.5. The summed E-state index contributed by atoms with van der Waals surface area (Å²) in [5.74, 6) is 0. The van der Waals surface area contributed by atoms with Gasteiger partial charge in [0.15, 0.2) is 0 Å². The number of sulfonamides is 1. The lowest BCUT2D eigenvalue weighted by Crippen LogP contribution is -2.42. The van der Waals surface area contributed by atoms with Gasteiger partial charge in [-0.3, -0.25) is 0 Å². The molecule has 0 saturated carbocycles. The highest BCUT2D eigenvalue weighted by molar-refractivity contribution is 7.92. The van der Waals surface area contributed by atoms with Gasteiger partial charge < -0.3 is 5.11 Å². The first-order valence-corrected chi connectivity index (χ1v) is 11.4. The summed E-state index contributed by atoms with van der Waals surface area (Å²) in [6.07, 6.45) is 4.96. The van der Waals surface area contributed by atoms with Crippen LogP contribution in [0, 0.1) is 0 Å². The second-order valence-electron chi connectivity index (χ2n) is 7.14. The standard InChI is InChI=1S/C21H28N2O3S/c1-3-16-8-6-9-17(14-16)15-22-23(27(2,25)26)20-12-7-11-19-18(20)10-4-5-13-21(19)24/h6-9,11-12,14,21-22,24H,3-5,10,13,15H2,1-2H3.